The monoisotopic (exact) mass is 378 g/mol. The minimum atomic E-state index is -0.595. The van der Waals surface area contributed by atoms with Gasteiger partial charge in [0.25, 0.3) is 5.91 Å². The first kappa shape index (κ1) is 19.2. The topological polar surface area (TPSA) is 85.3 Å². The largest absolute Gasteiger partial charge is 0.464 e. The number of esters is 1. The maximum atomic E-state index is 12.8. The minimum Gasteiger partial charge on any atom is -0.464 e. The summed E-state index contributed by atoms with van der Waals surface area (Å²) in [5.74, 6) is -0.920. The molecule has 0 fully saturated rings. The molecule has 0 aliphatic carbocycles. The van der Waals surface area contributed by atoms with Crippen LogP contribution in [0.1, 0.15) is 27.9 Å². The lowest BCUT2D eigenvalue weighted by atomic mass is 10.2. The molecule has 1 amide bonds. The number of benzene rings is 2. The van der Waals surface area contributed by atoms with Crippen molar-refractivity contribution >= 4 is 17.6 Å². The van der Waals surface area contributed by atoms with Crippen LogP contribution in [0.5, 0.6) is 0 Å². The molecule has 0 saturated carbocycles. The Bertz CT molecular complexity index is 939. The highest BCUT2D eigenvalue weighted by Crippen LogP contribution is 2.14. The summed E-state index contributed by atoms with van der Waals surface area (Å²) in [7, 11) is 1.28. The molecule has 7 heteroatoms. The summed E-state index contributed by atoms with van der Waals surface area (Å²) in [4.78, 5) is 24.7. The molecule has 2 aromatic carbocycles. The Morgan fingerprint density at radius 3 is 2.36 bits per heavy atom. The van der Waals surface area contributed by atoms with Crippen LogP contribution < -0.4 is 10.6 Å². The first-order chi connectivity index (χ1) is 13.6. The number of nitrogens with zero attached hydrogens (tertiary/aromatic N) is 2. The standard InChI is InChI=1S/C21H22N4O3/c1-15(14-22-16-9-5-3-6-10-16)23-20(26)19-13-18(21(27)28-2)24-25(19)17-11-7-4-8-12-17/h3-13,15,22H,14H2,1-2H3,(H,23,26)/t15-/m0/s1. The first-order valence-corrected chi connectivity index (χ1v) is 8.92. The van der Waals surface area contributed by atoms with Crippen LogP contribution in [0, 0.1) is 0 Å². The molecular formula is C21H22N4O3. The third-order valence-corrected chi connectivity index (χ3v) is 4.10. The molecule has 7 nitrogen and oxygen atoms in total. The van der Waals surface area contributed by atoms with E-state index in [9.17, 15) is 9.59 Å². The Hall–Kier alpha value is -3.61. The van der Waals surface area contributed by atoms with Crippen molar-refractivity contribution in [2.24, 2.45) is 0 Å². The van der Waals surface area contributed by atoms with Crippen LogP contribution in [-0.2, 0) is 4.74 Å². The van der Waals surface area contributed by atoms with E-state index < -0.39 is 5.97 Å². The van der Waals surface area contributed by atoms with Gasteiger partial charge in [-0.15, -0.1) is 0 Å². The molecule has 3 aromatic rings. The van der Waals surface area contributed by atoms with E-state index in [4.69, 9.17) is 4.74 Å². The van der Waals surface area contributed by atoms with Crippen LogP contribution in [0.2, 0.25) is 0 Å². The second-order valence-electron chi connectivity index (χ2n) is 6.28. The molecule has 0 spiro atoms. The van der Waals surface area contributed by atoms with E-state index in [0.29, 0.717) is 12.2 Å². The smallest absolute Gasteiger partial charge is 0.358 e. The fourth-order valence-electron chi connectivity index (χ4n) is 2.69. The van der Waals surface area contributed by atoms with E-state index in [1.165, 1.54) is 17.9 Å². The molecule has 1 atom stereocenters. The zero-order chi connectivity index (χ0) is 19.9. The molecule has 0 bridgehead atoms. The first-order valence-electron chi connectivity index (χ1n) is 8.92. The summed E-state index contributed by atoms with van der Waals surface area (Å²) in [6.45, 7) is 2.46. The third-order valence-electron chi connectivity index (χ3n) is 4.10. The van der Waals surface area contributed by atoms with E-state index in [2.05, 4.69) is 15.7 Å². The average Bonchev–Trinajstić information content (AvgIpc) is 3.19. The van der Waals surface area contributed by atoms with Crippen molar-refractivity contribution in [3.8, 4) is 5.69 Å². The molecule has 28 heavy (non-hydrogen) atoms. The molecule has 144 valence electrons. The van der Waals surface area contributed by atoms with Gasteiger partial charge in [-0.05, 0) is 31.2 Å². The zero-order valence-corrected chi connectivity index (χ0v) is 15.8. The zero-order valence-electron chi connectivity index (χ0n) is 15.8. The summed E-state index contributed by atoms with van der Waals surface area (Å²) in [5.41, 5.74) is 1.99. The van der Waals surface area contributed by atoms with Gasteiger partial charge in [0.15, 0.2) is 5.69 Å². The van der Waals surface area contributed by atoms with Gasteiger partial charge in [0.1, 0.15) is 5.69 Å². The van der Waals surface area contributed by atoms with E-state index in [1.807, 2.05) is 67.6 Å². The van der Waals surface area contributed by atoms with Gasteiger partial charge in [-0.3, -0.25) is 4.79 Å². The van der Waals surface area contributed by atoms with Crippen molar-refractivity contribution < 1.29 is 14.3 Å². The molecule has 0 unspecified atom stereocenters. The number of nitrogens with one attached hydrogen (secondary N) is 2. The van der Waals surface area contributed by atoms with Gasteiger partial charge >= 0.3 is 5.97 Å². The number of hydrogen-bond acceptors (Lipinski definition) is 5. The van der Waals surface area contributed by atoms with Gasteiger partial charge in [-0.25, -0.2) is 9.48 Å². The number of carbonyl (C=O) groups is 2. The predicted octanol–water partition coefficient (Wildman–Crippen LogP) is 2.89. The van der Waals surface area contributed by atoms with Gasteiger partial charge in [0.05, 0.1) is 12.8 Å². The second kappa shape index (κ2) is 8.85. The number of carbonyl (C=O) groups excluding carboxylic acids is 2. The molecule has 0 aliphatic heterocycles. The molecule has 1 heterocycles. The van der Waals surface area contributed by atoms with E-state index in [1.54, 1.807) is 0 Å². The maximum Gasteiger partial charge on any atom is 0.358 e. The SMILES string of the molecule is COC(=O)c1cc(C(=O)N[C@@H](C)CNc2ccccc2)n(-c2ccccc2)n1. The van der Waals surface area contributed by atoms with Gasteiger partial charge < -0.3 is 15.4 Å². The molecule has 0 saturated heterocycles. The Kier molecular flexibility index (Phi) is 6.06. The highest BCUT2D eigenvalue weighted by Gasteiger charge is 2.21. The number of anilines is 1. The van der Waals surface area contributed by atoms with E-state index >= 15 is 0 Å². The molecule has 3 rings (SSSR count). The van der Waals surface area contributed by atoms with Crippen LogP contribution in [0.4, 0.5) is 5.69 Å². The summed E-state index contributed by atoms with van der Waals surface area (Å²) in [6, 6.07) is 20.2. The normalized spacial score (nSPS) is 11.5. The van der Waals surface area contributed by atoms with Crippen molar-refractivity contribution in [1.82, 2.24) is 15.1 Å². The number of ether oxygens (including phenoxy) is 1. The number of hydrogen-bond donors (Lipinski definition) is 2. The lowest BCUT2D eigenvalue weighted by Crippen LogP contribution is -2.38. The van der Waals surface area contributed by atoms with Crippen LogP contribution in [0.3, 0.4) is 0 Å². The molecule has 2 N–H and O–H groups in total. The minimum absolute atomic E-state index is 0.0755. The van der Waals surface area contributed by atoms with Crippen molar-refractivity contribution in [2.45, 2.75) is 13.0 Å². The quantitative estimate of drug-likeness (QED) is 0.618. The van der Waals surface area contributed by atoms with Gasteiger partial charge in [0, 0.05) is 24.3 Å². The number of aromatic nitrogens is 2. The van der Waals surface area contributed by atoms with Gasteiger partial charge in [0.2, 0.25) is 0 Å². The Labute approximate surface area is 163 Å². The van der Waals surface area contributed by atoms with E-state index in [-0.39, 0.29) is 23.3 Å². The van der Waals surface area contributed by atoms with Gasteiger partial charge in [-0.1, -0.05) is 36.4 Å². The van der Waals surface area contributed by atoms with Crippen LogP contribution >= 0.6 is 0 Å². The molecule has 1 aromatic heterocycles. The van der Waals surface area contributed by atoms with Crippen molar-refractivity contribution in [2.75, 3.05) is 19.0 Å². The molecular weight excluding hydrogens is 356 g/mol. The number of amides is 1. The van der Waals surface area contributed by atoms with Crippen molar-refractivity contribution in [3.05, 3.63) is 78.1 Å². The Morgan fingerprint density at radius 2 is 1.71 bits per heavy atom. The Balaban J connectivity index is 1.76. The fraction of sp³-hybridized carbons (Fsp3) is 0.190. The van der Waals surface area contributed by atoms with Crippen molar-refractivity contribution in [1.29, 1.82) is 0 Å². The summed E-state index contributed by atoms with van der Waals surface area (Å²) in [6.07, 6.45) is 0. The maximum absolute atomic E-state index is 12.8. The van der Waals surface area contributed by atoms with Crippen LogP contribution in [0.25, 0.3) is 5.69 Å². The molecule has 0 radical (unpaired) electrons. The van der Waals surface area contributed by atoms with Crippen LogP contribution in [-0.4, -0.2) is 41.4 Å². The number of methoxy groups -OCH3 is 1. The lowest BCUT2D eigenvalue weighted by Gasteiger charge is -2.16. The van der Waals surface area contributed by atoms with Gasteiger partial charge in [-0.2, -0.15) is 5.10 Å². The summed E-state index contributed by atoms with van der Waals surface area (Å²) >= 11 is 0. The molecule has 0 aliphatic rings. The fourth-order valence-corrected chi connectivity index (χ4v) is 2.69. The summed E-state index contributed by atoms with van der Waals surface area (Å²) in [5, 5.41) is 10.4. The summed E-state index contributed by atoms with van der Waals surface area (Å²) < 4.78 is 6.18. The highest BCUT2D eigenvalue weighted by molar-refractivity contribution is 5.96. The van der Waals surface area contributed by atoms with Crippen molar-refractivity contribution in [3.63, 3.8) is 0 Å². The second-order valence-corrected chi connectivity index (χ2v) is 6.28. The average molecular weight is 378 g/mol. The Morgan fingerprint density at radius 1 is 1.07 bits per heavy atom. The predicted molar refractivity (Wildman–Crippen MR) is 107 cm³/mol. The number of para-hydroxylation sites is 2. The highest BCUT2D eigenvalue weighted by atomic mass is 16.5. The lowest BCUT2D eigenvalue weighted by molar-refractivity contribution is 0.0593. The van der Waals surface area contributed by atoms with E-state index in [0.717, 1.165) is 5.69 Å². The third kappa shape index (κ3) is 4.56. The van der Waals surface area contributed by atoms with Crippen LogP contribution in [0.15, 0.2) is 66.7 Å². The number of rotatable bonds is 7.